The van der Waals surface area contributed by atoms with Gasteiger partial charge in [0.15, 0.2) is 0 Å². The number of benzene rings is 26. The summed E-state index contributed by atoms with van der Waals surface area (Å²) >= 11 is 0. The molecule has 30 rings (SSSR count). The predicted molar refractivity (Wildman–Crippen MR) is 611 cm³/mol. The van der Waals surface area contributed by atoms with Gasteiger partial charge in [0.2, 0.25) is 0 Å². The van der Waals surface area contributed by atoms with Crippen LogP contribution in [0.1, 0.15) is 57.9 Å². The highest BCUT2D eigenvalue weighted by Crippen LogP contribution is 2.54. The number of furan rings is 3. The van der Waals surface area contributed by atoms with Crippen LogP contribution >= 0.6 is 0 Å². The molecule has 1 aliphatic carbocycles. The lowest BCUT2D eigenvalue weighted by atomic mass is 9.81. The van der Waals surface area contributed by atoms with Crippen LogP contribution in [0.3, 0.4) is 0 Å². The first-order valence-electron chi connectivity index (χ1n) is 59.8. The van der Waals surface area contributed by atoms with Gasteiger partial charge in [0.1, 0.15) is 33.5 Å². The van der Waals surface area contributed by atoms with Crippen molar-refractivity contribution in [3.63, 3.8) is 0 Å². The first-order valence-corrected chi connectivity index (χ1v) is 47.8. The highest BCUT2D eigenvalue weighted by Gasteiger charge is 2.36. The summed E-state index contributed by atoms with van der Waals surface area (Å²) in [5.41, 5.74) is 21.5. The van der Waals surface area contributed by atoms with Crippen molar-refractivity contribution in [2.45, 2.75) is 19.3 Å². The molecule has 0 atom stereocenters. The van der Waals surface area contributed by atoms with Gasteiger partial charge in [-0.3, -0.25) is 0 Å². The van der Waals surface area contributed by atoms with Gasteiger partial charge in [-0.05, 0) is 315 Å². The fourth-order valence-electron chi connectivity index (χ4n) is 22.0. The van der Waals surface area contributed by atoms with E-state index in [1.807, 2.05) is 237 Å². The largest absolute Gasteiger partial charge is 0.456 e. The first-order chi connectivity index (χ1) is 81.1. The van der Waals surface area contributed by atoms with Gasteiger partial charge in [0, 0.05) is 37.7 Å². The molecule has 3 heteroatoms. The molecule has 144 heavy (non-hydrogen) atoms. The van der Waals surface area contributed by atoms with Gasteiger partial charge in [-0.1, -0.05) is 438 Å². The standard InChI is InChI=1S/C51H34O.C48H30O.C42H26O/c1-51(2)45-18-10-9-13-37(45)42-29-36(23-25-46(42)51)50-40-16-7-5-14-38(40)49(39-15-6-8-17-41(39)50)32-21-19-31(20-22-32)35-24-26-47-43(28-35)44-27-33-11-3-4-12-34(33)30-48(44)52-47;1-2-11-31(12-3-1)34-15-10-16-38(27-34)48-41-19-8-6-17-39(41)47(40-18-7-9-20-42(40)48)33-23-21-32(22-24-33)37-25-26-45-43(29-37)44-28-35-13-4-5-14-36(35)30-46(44)49-45;1-2-10-28(11-3-1)41-33-14-6-8-16-35(33)42(36-17-9-7-15-34(36)41)29-20-18-27(19-21-29)32-22-23-39-37(25-32)38-24-30-12-4-5-13-31(30)26-40(38)43-39/h3-30H,1-2H3;1-30H;1-26H/i5D,6D,7D,8D,14D,15D,16D,17D;6D,7D,8D,9D,17D,18D,19D,20D;6D,7D,8D,9D,14D,15D,16D,17D. The van der Waals surface area contributed by atoms with Crippen LogP contribution < -0.4 is 0 Å². The third kappa shape index (κ3) is 14.0. The van der Waals surface area contributed by atoms with Gasteiger partial charge in [0.05, 0.1) is 32.9 Å². The summed E-state index contributed by atoms with van der Waals surface area (Å²) in [6, 6.07) is 110. The van der Waals surface area contributed by atoms with E-state index in [1.165, 1.54) is 5.56 Å². The minimum Gasteiger partial charge on any atom is -0.456 e. The Balaban J connectivity index is 0.000000117. The molecule has 0 unspecified atom stereocenters. The van der Waals surface area contributed by atoms with Crippen LogP contribution in [0.25, 0.3) is 285 Å². The Morgan fingerprint density at radius 2 is 0.375 bits per heavy atom. The van der Waals surface area contributed by atoms with E-state index in [9.17, 15) is 11.0 Å². The molecule has 0 bridgehead atoms. The van der Waals surface area contributed by atoms with Crippen molar-refractivity contribution in [1.29, 1.82) is 0 Å². The Kier molecular flexibility index (Phi) is 14.7. The summed E-state index contributed by atoms with van der Waals surface area (Å²) in [5.74, 6) is 0. The second-order valence-corrected chi connectivity index (χ2v) is 37.3. The molecule has 0 saturated heterocycles. The number of rotatable bonds is 10. The van der Waals surface area contributed by atoms with Gasteiger partial charge in [-0.25, -0.2) is 0 Å². The van der Waals surface area contributed by atoms with E-state index >= 15 is 0 Å². The first kappa shape index (κ1) is 62.4. The van der Waals surface area contributed by atoms with Crippen LogP contribution in [-0.4, -0.2) is 0 Å². The van der Waals surface area contributed by atoms with Crippen molar-refractivity contribution in [2.24, 2.45) is 0 Å². The van der Waals surface area contributed by atoms with Crippen LogP contribution in [0.5, 0.6) is 0 Å². The van der Waals surface area contributed by atoms with Crippen LogP contribution in [0.2, 0.25) is 0 Å². The monoisotopic (exact) mass is 1850 g/mol. The third-order valence-corrected chi connectivity index (χ3v) is 28.9. The predicted octanol–water partition coefficient (Wildman–Crippen LogP) is 40.1. The normalized spacial score (nSPS) is 14.6. The van der Waals surface area contributed by atoms with Crippen LogP contribution in [0.15, 0.2) is 522 Å². The lowest BCUT2D eigenvalue weighted by Gasteiger charge is -2.22. The molecule has 0 saturated carbocycles. The average molecular weight is 1860 g/mol. The molecular formula is C141H90O3. The highest BCUT2D eigenvalue weighted by atomic mass is 16.3. The van der Waals surface area contributed by atoms with Gasteiger partial charge in [-0.15, -0.1) is 0 Å². The zero-order valence-corrected chi connectivity index (χ0v) is 77.4. The van der Waals surface area contributed by atoms with Crippen molar-refractivity contribution in [3.8, 4) is 122 Å². The Bertz CT molecular complexity index is 11600. The quantitative estimate of drug-likeness (QED) is 0.128. The van der Waals surface area contributed by atoms with Crippen LogP contribution in [0, 0.1) is 0 Å². The number of fused-ring (bicyclic) bond motifs is 21. The maximum atomic E-state index is 9.41. The Hall–Kier alpha value is -18.5. The maximum Gasteiger partial charge on any atom is 0.136 e. The molecule has 0 spiro atoms. The third-order valence-electron chi connectivity index (χ3n) is 28.9. The summed E-state index contributed by atoms with van der Waals surface area (Å²) in [7, 11) is 0. The molecule has 3 aromatic heterocycles. The molecule has 0 N–H and O–H groups in total. The van der Waals surface area contributed by atoms with E-state index in [0.29, 0.717) is 66.8 Å². The Morgan fingerprint density at radius 3 is 0.715 bits per heavy atom. The highest BCUT2D eigenvalue weighted by molar-refractivity contribution is 6.26. The summed E-state index contributed by atoms with van der Waals surface area (Å²) in [6.07, 6.45) is 0. The van der Waals surface area contributed by atoms with Gasteiger partial charge >= 0.3 is 0 Å². The van der Waals surface area contributed by atoms with Crippen LogP contribution in [0.4, 0.5) is 0 Å². The van der Waals surface area contributed by atoms with E-state index in [4.69, 9.17) is 35.2 Å². The fraction of sp³-hybridized carbons (Fsp3) is 0.0213. The van der Waals surface area contributed by atoms with Gasteiger partial charge < -0.3 is 13.3 Å². The zero-order valence-electron chi connectivity index (χ0n) is 101. The lowest BCUT2D eigenvalue weighted by Crippen LogP contribution is -2.14. The van der Waals surface area contributed by atoms with Crippen LogP contribution in [-0.2, 0) is 5.41 Å². The second kappa shape index (κ2) is 33.9. The molecular weight excluding hydrogens is 1740 g/mol. The maximum absolute atomic E-state index is 9.41. The van der Waals surface area contributed by atoms with Crippen molar-refractivity contribution < 1.29 is 46.1 Å². The summed E-state index contributed by atoms with van der Waals surface area (Å²) in [5, 5.41) is 15.0. The van der Waals surface area contributed by atoms with E-state index in [2.05, 4.69) is 117 Å². The van der Waals surface area contributed by atoms with Crippen molar-refractivity contribution >= 4 is 163 Å². The molecule has 29 aromatic rings. The number of hydrogen-bond acceptors (Lipinski definition) is 3. The van der Waals surface area contributed by atoms with E-state index in [-0.39, 0.29) is 143 Å². The zero-order chi connectivity index (χ0) is 116. The van der Waals surface area contributed by atoms with E-state index in [0.717, 1.165) is 159 Å². The minimum absolute atomic E-state index is 0.185. The van der Waals surface area contributed by atoms with Gasteiger partial charge in [-0.2, -0.15) is 0 Å². The summed E-state index contributed by atoms with van der Waals surface area (Å²) < 4.78 is 235. The fourth-order valence-corrected chi connectivity index (χ4v) is 22.0. The molecule has 3 nitrogen and oxygen atoms in total. The van der Waals surface area contributed by atoms with Crippen molar-refractivity contribution in [3.05, 3.63) is 520 Å². The lowest BCUT2D eigenvalue weighted by molar-refractivity contribution is 0.660. The second-order valence-electron chi connectivity index (χ2n) is 37.3. The smallest absolute Gasteiger partial charge is 0.136 e. The number of hydrogen-bond donors (Lipinski definition) is 0. The molecule has 672 valence electrons. The minimum atomic E-state index is -0.428. The van der Waals surface area contributed by atoms with Crippen molar-refractivity contribution in [2.75, 3.05) is 0 Å². The molecule has 0 aliphatic heterocycles. The summed E-state index contributed by atoms with van der Waals surface area (Å²) in [6.45, 7) is 4.35. The molecule has 26 aromatic carbocycles. The topological polar surface area (TPSA) is 39.4 Å². The van der Waals surface area contributed by atoms with E-state index in [1.54, 1.807) is 24.3 Å². The Labute approximate surface area is 866 Å². The van der Waals surface area contributed by atoms with E-state index < -0.39 is 72.5 Å². The molecule has 1 aliphatic rings. The Morgan fingerprint density at radius 1 is 0.153 bits per heavy atom. The molecule has 0 fully saturated rings. The molecule has 0 radical (unpaired) electrons. The average Bonchev–Trinajstić information content (AvgIpc) is 0.740. The molecule has 0 amide bonds. The van der Waals surface area contributed by atoms with Gasteiger partial charge in [0.25, 0.3) is 0 Å². The summed E-state index contributed by atoms with van der Waals surface area (Å²) in [4.78, 5) is 0. The van der Waals surface area contributed by atoms with Crippen molar-refractivity contribution in [1.82, 2.24) is 0 Å². The molecule has 3 heterocycles. The SMILES string of the molecule is [2H]c1c([2H])c([2H])c2c(-c3ccc(-c4ccc5oc6cc7ccccc7cc6c5c4)cc3)c3c([2H])c([2H])c([2H])c([2H])c3c(-c3ccccc3)c2c1[2H].[2H]c1c([2H])c([2H])c2c(-c3ccc4c(c3)-c3ccccc3C4(C)C)c3c([2H])c([2H])c([2H])c([2H])c3c(-c3ccc(-c4ccc5oc6cc7ccccc7cc6c5c4)cc3)c2c1[2H].[2H]c1c([2H])c([2H])c2c(-c3cccc(-c4ccccc4)c3)c3c([2H])c([2H])c([2H])c([2H])c3c(-c3ccc(-c4ccc5oc6cc7ccccc7cc6c5c4)cc3)c2c1[2H].